The molecule has 2 amide bonds. The number of rotatable bonds is 4. The second-order valence-corrected chi connectivity index (χ2v) is 10.6. The number of aromatic hydroxyl groups is 1. The Kier molecular flexibility index (Phi) is 6.12. The number of Topliss-reactive ketones (excluding diaryl/α,β-unsaturated/α-hetero) is 1. The van der Waals surface area contributed by atoms with Crippen molar-refractivity contribution in [3.63, 3.8) is 0 Å². The van der Waals surface area contributed by atoms with Gasteiger partial charge in [0.1, 0.15) is 11.5 Å². The molecule has 0 spiro atoms. The average Bonchev–Trinajstić information content (AvgIpc) is 3.20. The zero-order valence-corrected chi connectivity index (χ0v) is 21.8. The molecular formula is C30H26BNO8. The fourth-order valence-corrected chi connectivity index (χ4v) is 6.69. The predicted molar refractivity (Wildman–Crippen MR) is 145 cm³/mol. The lowest BCUT2D eigenvalue weighted by Crippen LogP contribution is -2.40. The number of ketones is 2. The zero-order valence-electron chi connectivity index (χ0n) is 21.8. The highest BCUT2D eigenvalue weighted by atomic mass is 16.5. The fourth-order valence-electron chi connectivity index (χ4n) is 6.69. The van der Waals surface area contributed by atoms with Crippen molar-refractivity contribution in [1.82, 2.24) is 0 Å². The van der Waals surface area contributed by atoms with Crippen LogP contribution in [-0.4, -0.2) is 52.8 Å². The summed E-state index contributed by atoms with van der Waals surface area (Å²) in [6.07, 6.45) is 3.54. The largest absolute Gasteiger partial charge is 0.507 e. The number of nitrogens with zero attached hydrogens (tertiary/aromatic N) is 1. The molecule has 9 nitrogen and oxygen atoms in total. The molecule has 2 aromatic rings. The Labute approximate surface area is 230 Å². The van der Waals surface area contributed by atoms with Crippen LogP contribution in [0.1, 0.15) is 31.2 Å². The van der Waals surface area contributed by atoms with Gasteiger partial charge in [-0.3, -0.25) is 24.1 Å². The first-order valence-corrected chi connectivity index (χ1v) is 13.0. The maximum atomic E-state index is 13.9. The molecule has 1 saturated heterocycles. The number of carbonyl (C=O) groups excluding carboxylic acids is 4. The molecule has 1 heterocycles. The van der Waals surface area contributed by atoms with E-state index in [9.17, 15) is 34.3 Å². The lowest BCUT2D eigenvalue weighted by atomic mass is 9.59. The SMILES string of the molecule is COc1ccc([C@H]2C3=CC[C@@H]4C(=O)N(c5cccc(B(O)O)c5)C(=O)[C@@H]4[C@@H]3CC3=C2C(=O)C(C)=CC3=O)c(O)c1. The van der Waals surface area contributed by atoms with Gasteiger partial charge in [0, 0.05) is 34.3 Å². The van der Waals surface area contributed by atoms with Crippen molar-refractivity contribution < 1.29 is 39.1 Å². The molecule has 3 N–H and O–H groups in total. The molecule has 0 bridgehead atoms. The van der Waals surface area contributed by atoms with Gasteiger partial charge in [-0.2, -0.15) is 0 Å². The molecule has 3 aliphatic carbocycles. The number of hydrogen-bond acceptors (Lipinski definition) is 8. The van der Waals surface area contributed by atoms with Crippen LogP contribution < -0.4 is 15.1 Å². The van der Waals surface area contributed by atoms with Crippen LogP contribution in [0.2, 0.25) is 0 Å². The number of carbonyl (C=O) groups is 4. The Morgan fingerprint density at radius 1 is 1.00 bits per heavy atom. The number of imide groups is 1. The molecule has 1 fully saturated rings. The highest BCUT2D eigenvalue weighted by Crippen LogP contribution is 2.56. The van der Waals surface area contributed by atoms with E-state index in [1.807, 2.05) is 6.08 Å². The number of methoxy groups -OCH3 is 1. The van der Waals surface area contributed by atoms with E-state index in [2.05, 4.69) is 0 Å². The number of anilines is 1. The number of allylic oxidation sites excluding steroid dienone is 6. The number of phenolic OH excluding ortho intramolecular Hbond substituents is 1. The summed E-state index contributed by atoms with van der Waals surface area (Å²) in [4.78, 5) is 55.3. The number of hydrogen-bond donors (Lipinski definition) is 3. The second-order valence-electron chi connectivity index (χ2n) is 10.6. The Bertz CT molecular complexity index is 1600. The van der Waals surface area contributed by atoms with Crippen LogP contribution in [0.15, 0.2) is 76.9 Å². The van der Waals surface area contributed by atoms with Gasteiger partial charge in [0.2, 0.25) is 11.8 Å². The Hall–Kier alpha value is -4.28. The van der Waals surface area contributed by atoms with E-state index in [4.69, 9.17) is 4.74 Å². The zero-order chi connectivity index (χ0) is 28.5. The smallest absolute Gasteiger partial charge is 0.488 e. The summed E-state index contributed by atoms with van der Waals surface area (Å²) in [6.45, 7) is 1.58. The maximum Gasteiger partial charge on any atom is 0.488 e. The van der Waals surface area contributed by atoms with Gasteiger partial charge in [-0.1, -0.05) is 29.8 Å². The third-order valence-electron chi connectivity index (χ3n) is 8.54. The predicted octanol–water partition coefficient (Wildman–Crippen LogP) is 1.71. The molecular weight excluding hydrogens is 513 g/mol. The molecule has 0 saturated carbocycles. The van der Waals surface area contributed by atoms with Crippen molar-refractivity contribution in [3.05, 3.63) is 82.5 Å². The molecule has 4 aliphatic rings. The summed E-state index contributed by atoms with van der Waals surface area (Å²) in [7, 11) is -0.297. The van der Waals surface area contributed by atoms with Crippen LogP contribution in [0, 0.1) is 17.8 Å². The molecule has 4 atom stereocenters. The number of ether oxygens (including phenoxy) is 1. The van der Waals surface area contributed by atoms with Gasteiger partial charge in [-0.15, -0.1) is 0 Å². The van der Waals surface area contributed by atoms with Crippen LogP contribution in [-0.2, 0) is 19.2 Å². The quantitative estimate of drug-likeness (QED) is 0.231. The minimum Gasteiger partial charge on any atom is -0.507 e. The van der Waals surface area contributed by atoms with Gasteiger partial charge < -0.3 is 19.9 Å². The number of benzene rings is 2. The van der Waals surface area contributed by atoms with E-state index < -0.39 is 42.6 Å². The van der Waals surface area contributed by atoms with Crippen molar-refractivity contribution in [2.75, 3.05) is 12.0 Å². The van der Waals surface area contributed by atoms with E-state index in [0.29, 0.717) is 28.0 Å². The lowest BCUT2D eigenvalue weighted by Gasteiger charge is -2.42. The van der Waals surface area contributed by atoms with E-state index in [1.54, 1.807) is 25.1 Å². The van der Waals surface area contributed by atoms with Crippen molar-refractivity contribution in [2.24, 2.45) is 17.8 Å². The van der Waals surface area contributed by atoms with Gasteiger partial charge in [0.15, 0.2) is 11.6 Å². The molecule has 10 heteroatoms. The van der Waals surface area contributed by atoms with E-state index in [-0.39, 0.29) is 41.3 Å². The van der Waals surface area contributed by atoms with Crippen LogP contribution >= 0.6 is 0 Å². The van der Waals surface area contributed by atoms with Gasteiger partial charge in [0.25, 0.3) is 0 Å². The summed E-state index contributed by atoms with van der Waals surface area (Å²) in [5.41, 5.74) is 2.41. The molecule has 2 aromatic carbocycles. The first kappa shape index (κ1) is 26.0. The summed E-state index contributed by atoms with van der Waals surface area (Å²) < 4.78 is 5.23. The molecule has 0 aromatic heterocycles. The van der Waals surface area contributed by atoms with Crippen molar-refractivity contribution in [1.29, 1.82) is 0 Å². The topological polar surface area (TPSA) is 141 Å². The first-order chi connectivity index (χ1) is 19.1. The van der Waals surface area contributed by atoms with Gasteiger partial charge in [-0.05, 0) is 55.4 Å². The molecule has 202 valence electrons. The third kappa shape index (κ3) is 3.78. The van der Waals surface area contributed by atoms with Crippen LogP contribution in [0.5, 0.6) is 11.5 Å². The van der Waals surface area contributed by atoms with Crippen molar-refractivity contribution in [2.45, 2.75) is 25.7 Å². The summed E-state index contributed by atoms with van der Waals surface area (Å²) in [6, 6.07) is 10.7. The Balaban J connectivity index is 1.47. The Morgan fingerprint density at radius 3 is 2.48 bits per heavy atom. The summed E-state index contributed by atoms with van der Waals surface area (Å²) >= 11 is 0. The minimum absolute atomic E-state index is 0.109. The van der Waals surface area contributed by atoms with Crippen molar-refractivity contribution >= 4 is 41.6 Å². The second kappa shape index (κ2) is 9.43. The van der Waals surface area contributed by atoms with Gasteiger partial charge in [-0.25, -0.2) is 0 Å². The number of amides is 2. The van der Waals surface area contributed by atoms with Crippen LogP contribution in [0.25, 0.3) is 0 Å². The Morgan fingerprint density at radius 2 is 1.77 bits per heavy atom. The minimum atomic E-state index is -1.77. The van der Waals surface area contributed by atoms with Gasteiger partial charge in [0.05, 0.1) is 24.6 Å². The fraction of sp³-hybridized carbons (Fsp3) is 0.267. The number of fused-ring (bicyclic) bond motifs is 3. The van der Waals surface area contributed by atoms with E-state index in [1.165, 1.54) is 37.5 Å². The maximum absolute atomic E-state index is 13.9. The average molecular weight is 539 g/mol. The van der Waals surface area contributed by atoms with Crippen molar-refractivity contribution in [3.8, 4) is 11.5 Å². The highest BCUT2D eigenvalue weighted by Gasteiger charge is 2.56. The first-order valence-electron chi connectivity index (χ1n) is 13.0. The lowest BCUT2D eigenvalue weighted by molar-refractivity contribution is -0.123. The van der Waals surface area contributed by atoms with Gasteiger partial charge >= 0.3 is 7.12 Å². The number of phenols is 1. The van der Waals surface area contributed by atoms with Crippen LogP contribution in [0.3, 0.4) is 0 Å². The van der Waals surface area contributed by atoms with E-state index >= 15 is 0 Å². The van der Waals surface area contributed by atoms with Crippen LogP contribution in [0.4, 0.5) is 5.69 Å². The summed E-state index contributed by atoms with van der Waals surface area (Å²) in [5.74, 6) is -3.93. The van der Waals surface area contributed by atoms with E-state index in [0.717, 1.165) is 10.5 Å². The highest BCUT2D eigenvalue weighted by molar-refractivity contribution is 6.58. The molecule has 6 rings (SSSR count). The standard InChI is InChI=1S/C30H26BNO8/c1-14-10-23(33)22-13-21-18(25(27(22)28(14)35)19-7-6-17(40-2)12-24(19)34)8-9-20-26(21)30(37)32(29(20)36)16-5-3-4-15(11-16)31(38)39/h3-8,10-12,20-21,25-26,34,38-39H,9,13H2,1-2H3/t20-,21+,25+,26-/m0/s1. The monoisotopic (exact) mass is 539 g/mol. The third-order valence-corrected chi connectivity index (χ3v) is 8.54. The normalized spacial score (nSPS) is 25.8. The molecule has 0 radical (unpaired) electrons. The summed E-state index contributed by atoms with van der Waals surface area (Å²) in [5, 5.41) is 30.2. The molecule has 1 aliphatic heterocycles. The molecule has 40 heavy (non-hydrogen) atoms. The molecule has 0 unspecified atom stereocenters.